The van der Waals surface area contributed by atoms with Gasteiger partial charge in [0.05, 0.1) is 11.8 Å². The second-order valence-corrected chi connectivity index (χ2v) is 6.31. The molecule has 1 aromatic carbocycles. The van der Waals surface area contributed by atoms with E-state index in [0.29, 0.717) is 6.54 Å². The fourth-order valence-corrected chi connectivity index (χ4v) is 3.17. The van der Waals surface area contributed by atoms with Crippen molar-refractivity contribution in [2.75, 3.05) is 13.2 Å². The average Bonchev–Trinajstić information content (AvgIpc) is 3.12. The van der Waals surface area contributed by atoms with Crippen LogP contribution in [0.5, 0.6) is 0 Å². The van der Waals surface area contributed by atoms with Gasteiger partial charge in [-0.05, 0) is 25.8 Å². The molecule has 5 heteroatoms. The number of rotatable bonds is 6. The van der Waals surface area contributed by atoms with Crippen LogP contribution in [0.25, 0.3) is 0 Å². The third-order valence-electron chi connectivity index (χ3n) is 4.35. The maximum atomic E-state index is 14.0. The fourth-order valence-electron chi connectivity index (χ4n) is 3.17. The summed E-state index contributed by atoms with van der Waals surface area (Å²) in [5.41, 5.74) is 2.94. The molecule has 1 saturated heterocycles. The van der Waals surface area contributed by atoms with Crippen LogP contribution in [0.3, 0.4) is 0 Å². The van der Waals surface area contributed by atoms with Gasteiger partial charge in [0.15, 0.2) is 0 Å². The molecule has 0 amide bonds. The lowest BCUT2D eigenvalue weighted by Crippen LogP contribution is -2.31. The predicted octanol–water partition coefficient (Wildman–Crippen LogP) is 3.05. The maximum absolute atomic E-state index is 14.0. The molecule has 23 heavy (non-hydrogen) atoms. The summed E-state index contributed by atoms with van der Waals surface area (Å²) in [6.07, 6.45) is 4.49. The summed E-state index contributed by atoms with van der Waals surface area (Å²) >= 11 is 0. The smallest absolute Gasteiger partial charge is 0.127 e. The number of hydrogen-bond acceptors (Lipinski definition) is 3. The van der Waals surface area contributed by atoms with Crippen LogP contribution in [0.1, 0.15) is 29.7 Å². The van der Waals surface area contributed by atoms with E-state index in [1.54, 1.807) is 6.07 Å². The molecule has 0 N–H and O–H groups in total. The summed E-state index contributed by atoms with van der Waals surface area (Å²) in [7, 11) is 1.93. The van der Waals surface area contributed by atoms with Crippen molar-refractivity contribution in [2.45, 2.75) is 39.0 Å². The molecule has 0 spiro atoms. The Bertz CT molecular complexity index is 649. The molecule has 0 radical (unpaired) electrons. The van der Waals surface area contributed by atoms with Crippen LogP contribution in [-0.2, 0) is 24.9 Å². The monoisotopic (exact) mass is 317 g/mol. The van der Waals surface area contributed by atoms with Gasteiger partial charge in [-0.3, -0.25) is 9.58 Å². The van der Waals surface area contributed by atoms with Crippen molar-refractivity contribution in [1.29, 1.82) is 0 Å². The molecule has 2 aromatic rings. The van der Waals surface area contributed by atoms with Crippen LogP contribution < -0.4 is 0 Å². The Labute approximate surface area is 136 Å². The minimum absolute atomic E-state index is 0.146. The molecular weight excluding hydrogens is 293 g/mol. The van der Waals surface area contributed by atoms with Crippen LogP contribution in [0.2, 0.25) is 0 Å². The first-order valence-electron chi connectivity index (χ1n) is 8.18. The van der Waals surface area contributed by atoms with E-state index in [1.807, 2.05) is 37.0 Å². The number of benzene rings is 1. The highest BCUT2D eigenvalue weighted by Crippen LogP contribution is 2.19. The van der Waals surface area contributed by atoms with Crippen LogP contribution in [0.4, 0.5) is 4.39 Å². The van der Waals surface area contributed by atoms with E-state index in [2.05, 4.69) is 10.00 Å². The summed E-state index contributed by atoms with van der Waals surface area (Å²) in [4.78, 5) is 2.26. The molecule has 1 aliphatic heterocycles. The van der Waals surface area contributed by atoms with Crippen molar-refractivity contribution in [3.05, 3.63) is 53.1 Å². The Morgan fingerprint density at radius 3 is 2.74 bits per heavy atom. The second-order valence-electron chi connectivity index (χ2n) is 6.31. The van der Waals surface area contributed by atoms with Crippen LogP contribution in [0.15, 0.2) is 30.5 Å². The Kier molecular flexibility index (Phi) is 5.08. The van der Waals surface area contributed by atoms with Gasteiger partial charge in [0.25, 0.3) is 0 Å². The van der Waals surface area contributed by atoms with Crippen molar-refractivity contribution >= 4 is 0 Å². The van der Waals surface area contributed by atoms with Gasteiger partial charge in [0.2, 0.25) is 0 Å². The molecule has 1 atom stereocenters. The fraction of sp³-hybridized carbons (Fsp3) is 0.500. The normalized spacial score (nSPS) is 18.0. The minimum atomic E-state index is -0.146. The van der Waals surface area contributed by atoms with E-state index in [9.17, 15) is 4.39 Å². The van der Waals surface area contributed by atoms with E-state index >= 15 is 0 Å². The summed E-state index contributed by atoms with van der Waals surface area (Å²) < 4.78 is 21.6. The van der Waals surface area contributed by atoms with Gasteiger partial charge in [-0.15, -0.1) is 0 Å². The number of hydrogen-bond donors (Lipinski definition) is 0. The molecule has 3 rings (SSSR count). The highest BCUT2D eigenvalue weighted by Gasteiger charge is 2.21. The number of nitrogens with zero attached hydrogens (tertiary/aromatic N) is 3. The standard InChI is InChI=1S/C18H24FN3O/c1-14-16(10-21(2)20-14)12-22(13-17-7-5-9-23-17)11-15-6-3-4-8-18(15)19/h3-4,6,8,10,17H,5,7,9,11-13H2,1-2H3/t17-/m1/s1. The molecule has 0 saturated carbocycles. The van der Waals surface area contributed by atoms with Gasteiger partial charge in [0, 0.05) is 50.6 Å². The van der Waals surface area contributed by atoms with E-state index in [1.165, 1.54) is 11.6 Å². The van der Waals surface area contributed by atoms with Crippen molar-refractivity contribution < 1.29 is 9.13 Å². The van der Waals surface area contributed by atoms with Crippen LogP contribution in [-0.4, -0.2) is 33.9 Å². The average molecular weight is 317 g/mol. The lowest BCUT2D eigenvalue weighted by Gasteiger charge is -2.25. The van der Waals surface area contributed by atoms with E-state index in [4.69, 9.17) is 4.74 Å². The third-order valence-corrected chi connectivity index (χ3v) is 4.35. The van der Waals surface area contributed by atoms with Gasteiger partial charge in [-0.25, -0.2) is 4.39 Å². The molecule has 0 bridgehead atoms. The summed E-state index contributed by atoms with van der Waals surface area (Å²) in [6, 6.07) is 7.00. The zero-order valence-corrected chi connectivity index (χ0v) is 13.8. The van der Waals surface area contributed by atoms with E-state index in [-0.39, 0.29) is 11.9 Å². The van der Waals surface area contributed by atoms with Crippen molar-refractivity contribution in [3.8, 4) is 0 Å². The molecule has 1 aliphatic rings. The Morgan fingerprint density at radius 1 is 1.30 bits per heavy atom. The number of aromatic nitrogens is 2. The van der Waals surface area contributed by atoms with Crippen LogP contribution >= 0.6 is 0 Å². The van der Waals surface area contributed by atoms with Crippen molar-refractivity contribution in [2.24, 2.45) is 7.05 Å². The number of halogens is 1. The predicted molar refractivity (Wildman–Crippen MR) is 87.4 cm³/mol. The molecule has 1 fully saturated rings. The molecule has 4 nitrogen and oxygen atoms in total. The Hall–Kier alpha value is -1.72. The van der Waals surface area contributed by atoms with Gasteiger partial charge in [0.1, 0.15) is 5.82 Å². The van der Waals surface area contributed by atoms with Gasteiger partial charge >= 0.3 is 0 Å². The zero-order chi connectivity index (χ0) is 16.2. The van der Waals surface area contributed by atoms with Crippen molar-refractivity contribution in [1.82, 2.24) is 14.7 Å². The SMILES string of the molecule is Cc1nn(C)cc1CN(Cc1ccccc1F)C[C@H]1CCCO1. The largest absolute Gasteiger partial charge is 0.377 e. The molecule has 2 heterocycles. The molecular formula is C18H24FN3O. The summed E-state index contributed by atoms with van der Waals surface area (Å²) in [6.45, 7) is 5.02. The van der Waals surface area contributed by atoms with E-state index in [0.717, 1.165) is 43.8 Å². The number of aryl methyl sites for hydroxylation is 2. The zero-order valence-electron chi connectivity index (χ0n) is 13.8. The molecule has 0 aliphatic carbocycles. The lowest BCUT2D eigenvalue weighted by molar-refractivity contribution is 0.0674. The van der Waals surface area contributed by atoms with Gasteiger partial charge in [-0.2, -0.15) is 5.10 Å². The third kappa shape index (κ3) is 4.18. The van der Waals surface area contributed by atoms with Crippen molar-refractivity contribution in [3.63, 3.8) is 0 Å². The molecule has 1 aromatic heterocycles. The topological polar surface area (TPSA) is 30.3 Å². The van der Waals surface area contributed by atoms with E-state index < -0.39 is 0 Å². The Morgan fingerprint density at radius 2 is 2.09 bits per heavy atom. The Balaban J connectivity index is 1.75. The number of ether oxygens (including phenoxy) is 1. The highest BCUT2D eigenvalue weighted by atomic mass is 19.1. The first kappa shape index (κ1) is 16.1. The lowest BCUT2D eigenvalue weighted by atomic mass is 10.1. The van der Waals surface area contributed by atoms with Gasteiger partial charge in [-0.1, -0.05) is 18.2 Å². The summed E-state index contributed by atoms with van der Waals surface area (Å²) in [5.74, 6) is -0.146. The first-order valence-corrected chi connectivity index (χ1v) is 8.18. The van der Waals surface area contributed by atoms with Crippen LogP contribution in [0, 0.1) is 12.7 Å². The minimum Gasteiger partial charge on any atom is -0.377 e. The maximum Gasteiger partial charge on any atom is 0.127 e. The van der Waals surface area contributed by atoms with Gasteiger partial charge < -0.3 is 4.74 Å². The quantitative estimate of drug-likeness (QED) is 0.820. The molecule has 124 valence electrons. The summed E-state index contributed by atoms with van der Waals surface area (Å²) in [5, 5.41) is 4.41. The molecule has 0 unspecified atom stereocenters. The highest BCUT2D eigenvalue weighted by molar-refractivity contribution is 5.19. The second kappa shape index (κ2) is 7.23. The first-order chi connectivity index (χ1) is 11.1.